The molecule has 1 aliphatic rings. The lowest BCUT2D eigenvalue weighted by atomic mass is 10.1. The van der Waals surface area contributed by atoms with E-state index in [0.717, 1.165) is 12.1 Å². The number of rotatable bonds is 5. The molecule has 1 saturated heterocycles. The van der Waals surface area contributed by atoms with E-state index in [1.807, 2.05) is 12.1 Å². The number of benzene rings is 1. The van der Waals surface area contributed by atoms with Gasteiger partial charge < -0.3 is 15.4 Å². The van der Waals surface area contributed by atoms with Gasteiger partial charge in [0, 0.05) is 36.6 Å². The van der Waals surface area contributed by atoms with Crippen LogP contribution in [0.3, 0.4) is 0 Å². The highest BCUT2D eigenvalue weighted by atomic mass is 16.5. The van der Waals surface area contributed by atoms with E-state index in [9.17, 15) is 4.79 Å². The van der Waals surface area contributed by atoms with Crippen LogP contribution >= 0.6 is 0 Å². The van der Waals surface area contributed by atoms with Crippen LogP contribution in [0.15, 0.2) is 54.9 Å². The molecular weight excluding hydrogens is 392 g/mol. The molecule has 1 aliphatic heterocycles. The van der Waals surface area contributed by atoms with E-state index in [4.69, 9.17) is 15.7 Å². The highest BCUT2D eigenvalue weighted by molar-refractivity contribution is 5.72. The minimum Gasteiger partial charge on any atom is -0.473 e. The van der Waals surface area contributed by atoms with Crippen molar-refractivity contribution in [1.29, 1.82) is 5.26 Å². The number of carbonyl (C=O) groups excluding carboxylic acids is 1. The molecule has 0 aliphatic carbocycles. The molecule has 1 unspecified atom stereocenters. The Bertz CT molecular complexity index is 1000. The average molecular weight is 419 g/mol. The predicted molar refractivity (Wildman–Crippen MR) is 117 cm³/mol. The van der Waals surface area contributed by atoms with Gasteiger partial charge in [0.1, 0.15) is 12.3 Å². The monoisotopic (exact) mass is 418 g/mol. The van der Waals surface area contributed by atoms with Crippen molar-refractivity contribution in [2.45, 2.75) is 25.5 Å². The molecule has 4 rings (SSSR count). The van der Waals surface area contributed by atoms with Crippen molar-refractivity contribution in [2.24, 2.45) is 5.73 Å². The second-order valence-electron chi connectivity index (χ2n) is 7.41. The zero-order valence-corrected chi connectivity index (χ0v) is 17.5. The van der Waals surface area contributed by atoms with Gasteiger partial charge in [-0.2, -0.15) is 10.4 Å². The molecule has 1 atom stereocenters. The Kier molecular flexibility index (Phi) is 7.87. The number of likely N-dealkylation sites (tertiary alicyclic amines) is 1. The van der Waals surface area contributed by atoms with Gasteiger partial charge in [0.25, 0.3) is 0 Å². The van der Waals surface area contributed by atoms with Crippen LogP contribution in [0.2, 0.25) is 0 Å². The highest BCUT2D eigenvalue weighted by Gasteiger charge is 2.12. The summed E-state index contributed by atoms with van der Waals surface area (Å²) in [7, 11) is 2.12. The summed E-state index contributed by atoms with van der Waals surface area (Å²) in [6.45, 7) is 2.63. The molecule has 0 radical (unpaired) electrons. The molecule has 3 heterocycles. The van der Waals surface area contributed by atoms with Crippen molar-refractivity contribution >= 4 is 6.29 Å². The number of hydrogen-bond acceptors (Lipinski definition) is 7. The lowest BCUT2D eigenvalue weighted by Crippen LogP contribution is -2.40. The molecule has 8 nitrogen and oxygen atoms in total. The number of hydrogen-bond donors (Lipinski definition) is 1. The molecule has 3 aromatic rings. The summed E-state index contributed by atoms with van der Waals surface area (Å²) in [6, 6.07) is 14.7. The van der Waals surface area contributed by atoms with Gasteiger partial charge in [-0.1, -0.05) is 6.07 Å². The number of nitriles is 1. The van der Waals surface area contributed by atoms with Crippen LogP contribution in [0.25, 0.3) is 5.69 Å². The first-order valence-electron chi connectivity index (χ1n) is 10.1. The molecule has 31 heavy (non-hydrogen) atoms. The van der Waals surface area contributed by atoms with Crippen molar-refractivity contribution in [3.05, 3.63) is 71.7 Å². The minimum absolute atomic E-state index is 0.274. The first kappa shape index (κ1) is 22.2. The van der Waals surface area contributed by atoms with Crippen LogP contribution in [-0.4, -0.2) is 52.1 Å². The van der Waals surface area contributed by atoms with Crippen LogP contribution < -0.4 is 10.5 Å². The first-order valence-corrected chi connectivity index (χ1v) is 10.1. The summed E-state index contributed by atoms with van der Waals surface area (Å²) in [5.74, 6) is 0.445. The third-order valence-electron chi connectivity index (χ3n) is 4.83. The summed E-state index contributed by atoms with van der Waals surface area (Å²) in [6.07, 6.45) is 6.55. The molecule has 8 heteroatoms. The van der Waals surface area contributed by atoms with E-state index in [0.29, 0.717) is 36.1 Å². The fourth-order valence-electron chi connectivity index (χ4n) is 3.25. The summed E-state index contributed by atoms with van der Waals surface area (Å²) < 4.78 is 7.28. The van der Waals surface area contributed by atoms with E-state index in [1.54, 1.807) is 42.7 Å². The molecular formula is C23H26N6O2. The Morgan fingerprint density at radius 2 is 2.13 bits per heavy atom. The van der Waals surface area contributed by atoms with E-state index in [-0.39, 0.29) is 5.69 Å². The molecule has 1 fully saturated rings. The third-order valence-corrected chi connectivity index (χ3v) is 4.83. The number of ether oxygens (including phenoxy) is 1. The molecule has 2 N–H and O–H groups in total. The number of aromatic nitrogens is 3. The maximum Gasteiger partial charge on any atom is 0.217 e. The van der Waals surface area contributed by atoms with Crippen LogP contribution in [0.4, 0.5) is 0 Å². The lowest BCUT2D eigenvalue weighted by molar-refractivity contribution is 0.111. The molecule has 160 valence electrons. The van der Waals surface area contributed by atoms with Gasteiger partial charge in [-0.15, -0.1) is 0 Å². The summed E-state index contributed by atoms with van der Waals surface area (Å²) >= 11 is 0. The molecule has 0 spiro atoms. The van der Waals surface area contributed by atoms with Gasteiger partial charge in [-0.05, 0) is 56.8 Å². The van der Waals surface area contributed by atoms with Gasteiger partial charge >= 0.3 is 0 Å². The van der Waals surface area contributed by atoms with Crippen LogP contribution in [0, 0.1) is 11.3 Å². The molecule has 0 bridgehead atoms. The van der Waals surface area contributed by atoms with Crippen molar-refractivity contribution in [2.75, 3.05) is 20.1 Å². The van der Waals surface area contributed by atoms with E-state index in [1.165, 1.54) is 24.1 Å². The SMILES string of the molecule is CN1CCCC(N)C1.N#Cc1ccc(-n2nc(C=O)cc2OCc2cccnc2)cc1. The molecule has 1 aromatic carbocycles. The Morgan fingerprint density at radius 1 is 1.32 bits per heavy atom. The summed E-state index contributed by atoms with van der Waals surface area (Å²) in [5, 5.41) is 13.0. The van der Waals surface area contributed by atoms with E-state index in [2.05, 4.69) is 28.1 Å². The maximum absolute atomic E-state index is 11.0. The number of piperidine rings is 1. The van der Waals surface area contributed by atoms with E-state index >= 15 is 0 Å². The second kappa shape index (κ2) is 11.0. The molecule has 0 amide bonds. The zero-order chi connectivity index (χ0) is 22.1. The quantitative estimate of drug-likeness (QED) is 0.634. The minimum atomic E-state index is 0.274. The highest BCUT2D eigenvalue weighted by Crippen LogP contribution is 2.20. The van der Waals surface area contributed by atoms with Crippen molar-refractivity contribution in [1.82, 2.24) is 19.7 Å². The molecule has 2 aromatic heterocycles. The van der Waals surface area contributed by atoms with Crippen LogP contribution in [-0.2, 0) is 6.61 Å². The number of nitrogens with two attached hydrogens (primary N) is 1. The fourth-order valence-corrected chi connectivity index (χ4v) is 3.25. The summed E-state index contributed by atoms with van der Waals surface area (Å²) in [5.41, 5.74) is 8.12. The van der Waals surface area contributed by atoms with Crippen LogP contribution in [0.5, 0.6) is 5.88 Å². The van der Waals surface area contributed by atoms with Gasteiger partial charge in [-0.3, -0.25) is 9.78 Å². The predicted octanol–water partition coefficient (Wildman–Crippen LogP) is 2.57. The number of carbonyl (C=O) groups is 1. The van der Waals surface area contributed by atoms with E-state index < -0.39 is 0 Å². The number of aldehydes is 1. The smallest absolute Gasteiger partial charge is 0.217 e. The first-order chi connectivity index (χ1) is 15.1. The Balaban J connectivity index is 0.000000287. The normalized spacial score (nSPS) is 16.0. The third kappa shape index (κ3) is 6.47. The Morgan fingerprint density at radius 3 is 2.71 bits per heavy atom. The standard InChI is InChI=1S/C17H12N4O2.C6H14N2/c18-9-13-3-5-16(6-4-13)21-17(8-15(11-22)20-21)23-12-14-2-1-7-19-10-14;1-8-4-2-3-6(7)5-8/h1-8,10-11H,12H2;6H,2-5,7H2,1H3. The average Bonchev–Trinajstić information content (AvgIpc) is 3.22. The zero-order valence-electron chi connectivity index (χ0n) is 17.5. The van der Waals surface area contributed by atoms with Gasteiger partial charge in [0.05, 0.1) is 17.3 Å². The van der Waals surface area contributed by atoms with Crippen molar-refractivity contribution in [3.8, 4) is 17.6 Å². The summed E-state index contributed by atoms with van der Waals surface area (Å²) in [4.78, 5) is 17.3. The number of pyridine rings is 1. The van der Waals surface area contributed by atoms with Crippen molar-refractivity contribution < 1.29 is 9.53 Å². The molecule has 0 saturated carbocycles. The number of nitrogens with zero attached hydrogens (tertiary/aromatic N) is 5. The Labute approximate surface area is 181 Å². The second-order valence-corrected chi connectivity index (χ2v) is 7.41. The van der Waals surface area contributed by atoms with Crippen molar-refractivity contribution in [3.63, 3.8) is 0 Å². The van der Waals surface area contributed by atoms with Gasteiger partial charge in [0.2, 0.25) is 5.88 Å². The lowest BCUT2D eigenvalue weighted by Gasteiger charge is -2.26. The maximum atomic E-state index is 11.0. The fraction of sp³-hybridized carbons (Fsp3) is 0.304. The van der Waals surface area contributed by atoms with Gasteiger partial charge in [-0.25, -0.2) is 4.68 Å². The topological polar surface area (TPSA) is 110 Å². The Hall–Kier alpha value is -3.54. The van der Waals surface area contributed by atoms with Gasteiger partial charge in [0.15, 0.2) is 6.29 Å². The largest absolute Gasteiger partial charge is 0.473 e. The van der Waals surface area contributed by atoms with Crippen LogP contribution in [0.1, 0.15) is 34.5 Å². The number of likely N-dealkylation sites (N-methyl/N-ethyl adjacent to an activating group) is 1.